The van der Waals surface area contributed by atoms with Crippen molar-refractivity contribution in [1.82, 2.24) is 0 Å². The van der Waals surface area contributed by atoms with Crippen LogP contribution in [0.1, 0.15) is 12.5 Å². The summed E-state index contributed by atoms with van der Waals surface area (Å²) in [4.78, 5) is 0. The molecule has 0 saturated heterocycles. The van der Waals surface area contributed by atoms with E-state index in [2.05, 4.69) is 21.1 Å². The van der Waals surface area contributed by atoms with Crippen molar-refractivity contribution >= 4 is 33.2 Å². The Balaban J connectivity index is 3.13. The van der Waals surface area contributed by atoms with Gasteiger partial charge in [-0.2, -0.15) is 0 Å². The third kappa shape index (κ3) is 1.99. The Morgan fingerprint density at radius 2 is 2.25 bits per heavy atom. The molecule has 0 aromatic heterocycles. The molecule has 1 aromatic carbocycles. The van der Waals surface area contributed by atoms with Crippen LogP contribution in [-0.4, -0.2) is 10.9 Å². The molecule has 0 aliphatic rings. The van der Waals surface area contributed by atoms with Crippen molar-refractivity contribution in [3.8, 4) is 0 Å². The molecule has 0 atom stereocenters. The van der Waals surface area contributed by atoms with E-state index in [0.717, 1.165) is 10.0 Å². The van der Waals surface area contributed by atoms with Crippen molar-refractivity contribution in [2.24, 2.45) is 5.16 Å². The van der Waals surface area contributed by atoms with Crippen LogP contribution in [0.15, 0.2) is 27.8 Å². The quantitative estimate of drug-likeness (QED) is 0.462. The van der Waals surface area contributed by atoms with Gasteiger partial charge in [0.2, 0.25) is 0 Å². The van der Waals surface area contributed by atoms with E-state index < -0.39 is 0 Å². The lowest BCUT2D eigenvalue weighted by atomic mass is 10.1. The van der Waals surface area contributed by atoms with Gasteiger partial charge in [0.05, 0.1) is 10.7 Å². The minimum absolute atomic E-state index is 0.562. The van der Waals surface area contributed by atoms with E-state index in [0.29, 0.717) is 10.7 Å². The van der Waals surface area contributed by atoms with Crippen LogP contribution in [0, 0.1) is 0 Å². The smallest absolute Gasteiger partial charge is 0.0837 e. The van der Waals surface area contributed by atoms with Gasteiger partial charge in [-0.15, -0.1) is 0 Å². The molecule has 64 valence electrons. The maximum atomic E-state index is 8.49. The molecule has 1 aromatic rings. The maximum absolute atomic E-state index is 8.49. The van der Waals surface area contributed by atoms with Crippen LogP contribution in [0.3, 0.4) is 0 Å². The summed E-state index contributed by atoms with van der Waals surface area (Å²) in [6, 6.07) is 5.34. The monoisotopic (exact) mass is 247 g/mol. The third-order valence-corrected chi connectivity index (χ3v) is 2.70. The fourth-order valence-corrected chi connectivity index (χ4v) is 1.28. The van der Waals surface area contributed by atoms with Crippen molar-refractivity contribution in [3.63, 3.8) is 0 Å². The lowest BCUT2D eigenvalue weighted by Gasteiger charge is -2.00. The molecule has 0 bridgehead atoms. The summed E-state index contributed by atoms with van der Waals surface area (Å²) in [5, 5.41) is 12.2. The van der Waals surface area contributed by atoms with Gasteiger partial charge in [0.15, 0.2) is 0 Å². The standard InChI is InChI=1S/C8H7BrClNO/c1-5(11-12)6-2-3-8(10)7(9)4-6/h2-4,12H,1H3/b11-5-. The summed E-state index contributed by atoms with van der Waals surface area (Å²) in [6.07, 6.45) is 0. The minimum atomic E-state index is 0.562. The fourth-order valence-electron chi connectivity index (χ4n) is 0.779. The topological polar surface area (TPSA) is 32.6 Å². The molecule has 0 fully saturated rings. The van der Waals surface area contributed by atoms with Gasteiger partial charge in [-0.3, -0.25) is 0 Å². The summed E-state index contributed by atoms with van der Waals surface area (Å²) < 4.78 is 0.796. The molecule has 0 unspecified atom stereocenters. The van der Waals surface area contributed by atoms with Gasteiger partial charge in [-0.05, 0) is 35.0 Å². The SMILES string of the molecule is C/C(=N/O)c1ccc(Cl)c(Br)c1. The lowest BCUT2D eigenvalue weighted by Crippen LogP contribution is -1.93. The van der Waals surface area contributed by atoms with E-state index in [9.17, 15) is 0 Å². The Morgan fingerprint density at radius 1 is 1.58 bits per heavy atom. The maximum Gasteiger partial charge on any atom is 0.0837 e. The normalized spacial score (nSPS) is 11.8. The second kappa shape index (κ2) is 3.92. The molecular formula is C8H7BrClNO. The molecular weight excluding hydrogens is 241 g/mol. The third-order valence-electron chi connectivity index (χ3n) is 1.49. The molecule has 2 nitrogen and oxygen atoms in total. The predicted molar refractivity (Wildman–Crippen MR) is 53.1 cm³/mol. The molecule has 1 rings (SSSR count). The molecule has 4 heteroatoms. The van der Waals surface area contributed by atoms with Gasteiger partial charge in [-0.1, -0.05) is 22.8 Å². The highest BCUT2D eigenvalue weighted by Gasteiger charge is 2.01. The van der Waals surface area contributed by atoms with E-state index in [-0.39, 0.29) is 0 Å². The number of hydrogen-bond acceptors (Lipinski definition) is 2. The van der Waals surface area contributed by atoms with E-state index in [1.165, 1.54) is 0 Å². The molecule has 0 spiro atoms. The molecule has 1 N–H and O–H groups in total. The first-order valence-corrected chi connectivity index (χ1v) is 4.46. The fraction of sp³-hybridized carbons (Fsp3) is 0.125. The van der Waals surface area contributed by atoms with Crippen LogP contribution >= 0.6 is 27.5 Å². The van der Waals surface area contributed by atoms with Crippen LogP contribution in [-0.2, 0) is 0 Å². The molecule has 0 radical (unpaired) electrons. The highest BCUT2D eigenvalue weighted by atomic mass is 79.9. The van der Waals surface area contributed by atoms with Crippen molar-refractivity contribution in [2.75, 3.05) is 0 Å². The Kier molecular flexibility index (Phi) is 3.12. The number of hydrogen-bond donors (Lipinski definition) is 1. The van der Waals surface area contributed by atoms with Crippen LogP contribution < -0.4 is 0 Å². The van der Waals surface area contributed by atoms with Gasteiger partial charge < -0.3 is 5.21 Å². The Hall–Kier alpha value is -0.540. The highest BCUT2D eigenvalue weighted by Crippen LogP contribution is 2.23. The molecule has 0 aliphatic heterocycles. The average molecular weight is 249 g/mol. The van der Waals surface area contributed by atoms with Crippen molar-refractivity contribution in [2.45, 2.75) is 6.92 Å². The summed E-state index contributed by atoms with van der Waals surface area (Å²) in [5.74, 6) is 0. The number of rotatable bonds is 1. The zero-order chi connectivity index (χ0) is 9.14. The molecule has 0 amide bonds. The van der Waals surface area contributed by atoms with Crippen molar-refractivity contribution in [3.05, 3.63) is 33.3 Å². The molecule has 0 aliphatic carbocycles. The predicted octanol–water partition coefficient (Wildman–Crippen LogP) is 3.30. The lowest BCUT2D eigenvalue weighted by molar-refractivity contribution is 0.319. The number of oxime groups is 1. The van der Waals surface area contributed by atoms with Crippen molar-refractivity contribution in [1.29, 1.82) is 0 Å². The van der Waals surface area contributed by atoms with Gasteiger partial charge in [0.25, 0.3) is 0 Å². The van der Waals surface area contributed by atoms with Gasteiger partial charge >= 0.3 is 0 Å². The Bertz CT molecular complexity index is 325. The summed E-state index contributed by atoms with van der Waals surface area (Å²) in [7, 11) is 0. The minimum Gasteiger partial charge on any atom is -0.411 e. The van der Waals surface area contributed by atoms with Crippen LogP contribution in [0.2, 0.25) is 5.02 Å². The number of benzene rings is 1. The molecule has 12 heavy (non-hydrogen) atoms. The highest BCUT2D eigenvalue weighted by molar-refractivity contribution is 9.10. The van der Waals surface area contributed by atoms with Crippen molar-refractivity contribution < 1.29 is 5.21 Å². The van der Waals surface area contributed by atoms with E-state index in [4.69, 9.17) is 16.8 Å². The second-order valence-electron chi connectivity index (χ2n) is 2.31. The summed E-state index contributed by atoms with van der Waals surface area (Å²) >= 11 is 9.05. The number of halogens is 2. The first-order chi connectivity index (χ1) is 5.65. The van der Waals surface area contributed by atoms with E-state index in [1.807, 2.05) is 0 Å². The number of nitrogens with zero attached hydrogens (tertiary/aromatic N) is 1. The second-order valence-corrected chi connectivity index (χ2v) is 3.58. The first-order valence-electron chi connectivity index (χ1n) is 3.29. The summed E-state index contributed by atoms with van der Waals surface area (Å²) in [6.45, 7) is 1.72. The van der Waals surface area contributed by atoms with Crippen LogP contribution in [0.4, 0.5) is 0 Å². The zero-order valence-electron chi connectivity index (χ0n) is 6.38. The van der Waals surface area contributed by atoms with Crippen LogP contribution in [0.5, 0.6) is 0 Å². The van der Waals surface area contributed by atoms with E-state index >= 15 is 0 Å². The Labute approximate surface area is 84.0 Å². The van der Waals surface area contributed by atoms with Gasteiger partial charge in [0.1, 0.15) is 0 Å². The largest absolute Gasteiger partial charge is 0.411 e. The van der Waals surface area contributed by atoms with E-state index in [1.54, 1.807) is 25.1 Å². The average Bonchev–Trinajstić information content (AvgIpc) is 2.08. The Morgan fingerprint density at radius 3 is 2.75 bits per heavy atom. The molecule has 0 saturated carbocycles. The summed E-state index contributed by atoms with van der Waals surface area (Å²) in [5.41, 5.74) is 1.40. The first kappa shape index (κ1) is 9.55. The zero-order valence-corrected chi connectivity index (χ0v) is 8.72. The van der Waals surface area contributed by atoms with Crippen LogP contribution in [0.25, 0.3) is 0 Å². The van der Waals surface area contributed by atoms with Gasteiger partial charge in [-0.25, -0.2) is 0 Å². The van der Waals surface area contributed by atoms with Gasteiger partial charge in [0, 0.05) is 10.0 Å². The molecule has 0 heterocycles.